The first-order chi connectivity index (χ1) is 13.7. The molecule has 0 radical (unpaired) electrons. The van der Waals surface area contributed by atoms with Crippen LogP contribution in [0.5, 0.6) is 0 Å². The van der Waals surface area contributed by atoms with E-state index in [-0.39, 0.29) is 23.4 Å². The number of likely N-dealkylation sites (tertiary alicyclic amines) is 1. The zero-order chi connectivity index (χ0) is 19.3. The molecule has 146 valence electrons. The molecule has 0 atom stereocenters. The fourth-order valence-corrected chi connectivity index (χ4v) is 3.29. The minimum atomic E-state index is -0.385. The van der Waals surface area contributed by atoms with E-state index in [1.165, 1.54) is 37.7 Å². The van der Waals surface area contributed by atoms with Gasteiger partial charge in [0.1, 0.15) is 17.9 Å². The summed E-state index contributed by atoms with van der Waals surface area (Å²) in [6, 6.07) is 9.67. The largest absolute Gasteiger partial charge is 0.455 e. The van der Waals surface area contributed by atoms with Gasteiger partial charge in [-0.15, -0.1) is 5.10 Å². The first-order valence-electron chi connectivity index (χ1n) is 9.42. The van der Waals surface area contributed by atoms with Crippen molar-refractivity contribution in [2.24, 2.45) is 0 Å². The molecule has 2 aromatic heterocycles. The summed E-state index contributed by atoms with van der Waals surface area (Å²) >= 11 is 0. The van der Waals surface area contributed by atoms with Crippen LogP contribution in [-0.2, 0) is 13.1 Å². The highest BCUT2D eigenvalue weighted by atomic mass is 19.1. The predicted octanol–water partition coefficient (Wildman–Crippen LogP) is 3.30. The minimum absolute atomic E-state index is 0.195. The van der Waals surface area contributed by atoms with Gasteiger partial charge in [-0.05, 0) is 55.8 Å². The minimum Gasteiger partial charge on any atom is -0.455 e. The molecule has 1 N–H and O–H groups in total. The summed E-state index contributed by atoms with van der Waals surface area (Å²) in [5.74, 6) is 0.544. The van der Waals surface area contributed by atoms with Crippen molar-refractivity contribution in [2.45, 2.75) is 32.4 Å². The van der Waals surface area contributed by atoms with E-state index in [1.807, 2.05) is 6.07 Å². The van der Waals surface area contributed by atoms with Crippen LogP contribution < -0.4 is 5.32 Å². The number of carbonyl (C=O) groups excluding carboxylic acids is 1. The number of carbonyl (C=O) groups is 1. The zero-order valence-corrected chi connectivity index (χ0v) is 15.5. The summed E-state index contributed by atoms with van der Waals surface area (Å²) in [5, 5.41) is 6.86. The van der Waals surface area contributed by atoms with E-state index in [0.717, 1.165) is 31.0 Å². The van der Waals surface area contributed by atoms with Crippen LogP contribution in [0.25, 0.3) is 0 Å². The van der Waals surface area contributed by atoms with Crippen molar-refractivity contribution in [1.82, 2.24) is 19.7 Å². The maximum absolute atomic E-state index is 13.0. The third-order valence-corrected chi connectivity index (χ3v) is 4.73. The lowest BCUT2D eigenvalue weighted by atomic mass is 10.1. The molecular formula is C20H22FN5O2. The van der Waals surface area contributed by atoms with Crippen LogP contribution in [0.4, 0.5) is 10.3 Å². The van der Waals surface area contributed by atoms with Gasteiger partial charge in [-0.2, -0.15) is 0 Å². The Balaban J connectivity index is 1.33. The van der Waals surface area contributed by atoms with Crippen molar-refractivity contribution >= 4 is 11.9 Å². The quantitative estimate of drug-likeness (QED) is 0.707. The second-order valence-electron chi connectivity index (χ2n) is 6.95. The highest BCUT2D eigenvalue weighted by Crippen LogP contribution is 2.16. The zero-order valence-electron chi connectivity index (χ0n) is 15.5. The number of hydrogen-bond donors (Lipinski definition) is 1. The molecule has 0 unspecified atom stereocenters. The number of anilines is 1. The van der Waals surface area contributed by atoms with E-state index < -0.39 is 0 Å². The number of rotatable bonds is 6. The van der Waals surface area contributed by atoms with Gasteiger partial charge in [0, 0.05) is 0 Å². The molecule has 4 rings (SSSR count). The molecule has 0 aliphatic carbocycles. The van der Waals surface area contributed by atoms with Gasteiger partial charge in [-0.1, -0.05) is 18.6 Å². The van der Waals surface area contributed by atoms with Crippen LogP contribution in [0, 0.1) is 5.82 Å². The Morgan fingerprint density at radius 2 is 1.86 bits per heavy atom. The first kappa shape index (κ1) is 18.4. The number of amides is 1. The molecular weight excluding hydrogens is 361 g/mol. The molecule has 28 heavy (non-hydrogen) atoms. The number of piperidine rings is 1. The number of aromatic nitrogens is 3. The third-order valence-electron chi connectivity index (χ3n) is 4.73. The molecule has 1 aliphatic heterocycles. The maximum Gasteiger partial charge on any atom is 0.293 e. The molecule has 3 heterocycles. The summed E-state index contributed by atoms with van der Waals surface area (Å²) in [5.41, 5.74) is 0.887. The van der Waals surface area contributed by atoms with Crippen LogP contribution in [-0.4, -0.2) is 38.7 Å². The Kier molecular flexibility index (Phi) is 5.48. The van der Waals surface area contributed by atoms with Crippen molar-refractivity contribution in [3.63, 3.8) is 0 Å². The van der Waals surface area contributed by atoms with Gasteiger partial charge in [0.2, 0.25) is 5.95 Å². The van der Waals surface area contributed by atoms with Gasteiger partial charge >= 0.3 is 0 Å². The highest BCUT2D eigenvalue weighted by molar-refractivity contribution is 6.01. The molecule has 0 saturated carbocycles. The lowest BCUT2D eigenvalue weighted by molar-refractivity contribution is 0.0991. The van der Waals surface area contributed by atoms with Gasteiger partial charge in [0.05, 0.1) is 13.1 Å². The van der Waals surface area contributed by atoms with Gasteiger partial charge in [-0.25, -0.2) is 14.1 Å². The normalized spacial score (nSPS) is 14.9. The Hall–Kier alpha value is -3.00. The lowest BCUT2D eigenvalue weighted by Crippen LogP contribution is -2.28. The summed E-state index contributed by atoms with van der Waals surface area (Å²) in [4.78, 5) is 18.8. The Morgan fingerprint density at radius 1 is 1.07 bits per heavy atom. The molecule has 1 amide bonds. The summed E-state index contributed by atoms with van der Waals surface area (Å²) < 4.78 is 20.2. The van der Waals surface area contributed by atoms with Crippen molar-refractivity contribution in [2.75, 3.05) is 18.4 Å². The molecule has 0 spiro atoms. The van der Waals surface area contributed by atoms with Crippen LogP contribution in [0.2, 0.25) is 0 Å². The molecule has 0 bridgehead atoms. The SMILES string of the molecule is O=C(Nc1ncn(Cc2ccc(F)cc2)n1)c1ccc(CN2CCCCC2)o1. The van der Waals surface area contributed by atoms with Crippen LogP contribution >= 0.6 is 0 Å². The molecule has 1 aliphatic rings. The average Bonchev–Trinajstić information content (AvgIpc) is 3.34. The molecule has 1 aromatic carbocycles. The number of nitrogens with one attached hydrogen (secondary N) is 1. The highest BCUT2D eigenvalue weighted by Gasteiger charge is 2.16. The summed E-state index contributed by atoms with van der Waals surface area (Å²) in [7, 11) is 0. The Morgan fingerprint density at radius 3 is 2.64 bits per heavy atom. The predicted molar refractivity (Wildman–Crippen MR) is 101 cm³/mol. The number of benzene rings is 1. The van der Waals surface area contributed by atoms with Gasteiger partial charge in [0.25, 0.3) is 5.91 Å². The van der Waals surface area contributed by atoms with E-state index in [4.69, 9.17) is 4.42 Å². The van der Waals surface area contributed by atoms with Crippen LogP contribution in [0.3, 0.4) is 0 Å². The second-order valence-corrected chi connectivity index (χ2v) is 6.95. The smallest absolute Gasteiger partial charge is 0.293 e. The number of halogens is 1. The van der Waals surface area contributed by atoms with E-state index in [0.29, 0.717) is 6.54 Å². The van der Waals surface area contributed by atoms with Crippen LogP contribution in [0.15, 0.2) is 47.1 Å². The molecule has 1 saturated heterocycles. The fourth-order valence-electron chi connectivity index (χ4n) is 3.29. The lowest BCUT2D eigenvalue weighted by Gasteiger charge is -2.25. The van der Waals surface area contributed by atoms with Crippen LogP contribution in [0.1, 0.15) is 41.1 Å². The average molecular weight is 383 g/mol. The van der Waals surface area contributed by atoms with Crippen molar-refractivity contribution in [3.8, 4) is 0 Å². The van der Waals surface area contributed by atoms with E-state index in [9.17, 15) is 9.18 Å². The Bertz CT molecular complexity index is 928. The topological polar surface area (TPSA) is 76.2 Å². The van der Waals surface area contributed by atoms with Gasteiger partial charge < -0.3 is 4.42 Å². The summed E-state index contributed by atoms with van der Waals surface area (Å²) in [6.45, 7) is 3.29. The van der Waals surface area contributed by atoms with Crippen molar-refractivity contribution < 1.29 is 13.6 Å². The molecule has 7 nitrogen and oxygen atoms in total. The van der Waals surface area contributed by atoms with Gasteiger partial charge in [-0.3, -0.25) is 15.0 Å². The van der Waals surface area contributed by atoms with E-state index >= 15 is 0 Å². The second kappa shape index (κ2) is 8.35. The fraction of sp³-hybridized carbons (Fsp3) is 0.350. The number of furan rings is 1. The molecule has 8 heteroatoms. The van der Waals surface area contributed by atoms with E-state index in [1.54, 1.807) is 22.9 Å². The molecule has 1 fully saturated rings. The maximum atomic E-state index is 13.0. The first-order valence-corrected chi connectivity index (χ1v) is 9.42. The number of nitrogens with zero attached hydrogens (tertiary/aromatic N) is 4. The van der Waals surface area contributed by atoms with E-state index in [2.05, 4.69) is 20.3 Å². The molecule has 3 aromatic rings. The van der Waals surface area contributed by atoms with Gasteiger partial charge in [0.15, 0.2) is 5.76 Å². The van der Waals surface area contributed by atoms with Crippen molar-refractivity contribution in [3.05, 3.63) is 65.6 Å². The standard InChI is InChI=1S/C20H22FN5O2/c21-16-6-4-15(5-7-16)12-26-14-22-20(24-26)23-19(27)18-9-8-17(28-18)13-25-10-2-1-3-11-25/h4-9,14H,1-3,10-13H2,(H,23,24,27). The number of hydrogen-bond acceptors (Lipinski definition) is 5. The van der Waals surface area contributed by atoms with Crippen molar-refractivity contribution in [1.29, 1.82) is 0 Å². The summed E-state index contributed by atoms with van der Waals surface area (Å²) in [6.07, 6.45) is 5.21. The Labute approximate surface area is 162 Å². The monoisotopic (exact) mass is 383 g/mol. The third kappa shape index (κ3) is 4.64.